The van der Waals surface area contributed by atoms with Crippen molar-refractivity contribution in [1.29, 1.82) is 0 Å². The van der Waals surface area contributed by atoms with Gasteiger partial charge in [-0.1, -0.05) is 30.7 Å². The number of benzene rings is 1. The lowest BCUT2D eigenvalue weighted by Gasteiger charge is -2.25. The smallest absolute Gasteiger partial charge is 0.0210 e. The molecule has 1 aliphatic heterocycles. The van der Waals surface area contributed by atoms with Crippen LogP contribution in [0.15, 0.2) is 18.2 Å². The van der Waals surface area contributed by atoms with E-state index < -0.39 is 0 Å². The predicted octanol–water partition coefficient (Wildman–Crippen LogP) is 2.42. The molecule has 0 radical (unpaired) electrons. The number of aryl methyl sites for hydroxylation is 1. The van der Waals surface area contributed by atoms with Gasteiger partial charge in [-0.2, -0.15) is 0 Å². The van der Waals surface area contributed by atoms with E-state index >= 15 is 0 Å². The third-order valence-corrected chi connectivity index (χ3v) is 2.90. The maximum atomic E-state index is 3.54. The van der Waals surface area contributed by atoms with Crippen LogP contribution >= 0.6 is 0 Å². The Morgan fingerprint density at radius 1 is 1.38 bits per heavy atom. The summed E-state index contributed by atoms with van der Waals surface area (Å²) < 4.78 is 0. The van der Waals surface area contributed by atoms with Gasteiger partial charge in [-0.25, -0.2) is 0 Å². The van der Waals surface area contributed by atoms with Crippen LogP contribution in [-0.4, -0.2) is 6.04 Å². The summed E-state index contributed by atoms with van der Waals surface area (Å²) >= 11 is 0. The van der Waals surface area contributed by atoms with Gasteiger partial charge in [-0.05, 0) is 30.9 Å². The van der Waals surface area contributed by atoms with Gasteiger partial charge in [0.1, 0.15) is 0 Å². The largest absolute Gasteiger partial charge is 0.310 e. The van der Waals surface area contributed by atoms with Gasteiger partial charge in [0.25, 0.3) is 0 Å². The molecule has 1 N–H and O–H groups in total. The van der Waals surface area contributed by atoms with Crippen molar-refractivity contribution in [2.24, 2.45) is 0 Å². The lowest BCUT2D eigenvalue weighted by Crippen LogP contribution is -2.34. The fraction of sp³-hybridized carbons (Fsp3) is 0.500. The van der Waals surface area contributed by atoms with E-state index in [2.05, 4.69) is 37.4 Å². The zero-order chi connectivity index (χ0) is 9.26. The maximum absolute atomic E-state index is 3.54. The zero-order valence-corrected chi connectivity index (χ0v) is 8.43. The summed E-state index contributed by atoms with van der Waals surface area (Å²) in [6.07, 6.45) is 2.43. The van der Waals surface area contributed by atoms with Crippen LogP contribution in [-0.2, 0) is 13.0 Å². The monoisotopic (exact) mass is 175 g/mol. The highest BCUT2D eigenvalue weighted by Gasteiger charge is 2.15. The average molecular weight is 175 g/mol. The van der Waals surface area contributed by atoms with Crippen LogP contribution in [0, 0.1) is 6.92 Å². The first-order valence-electron chi connectivity index (χ1n) is 5.11. The van der Waals surface area contributed by atoms with Crippen LogP contribution < -0.4 is 5.32 Å². The summed E-state index contributed by atoms with van der Waals surface area (Å²) in [7, 11) is 0. The molecular weight excluding hydrogens is 158 g/mol. The lowest BCUT2D eigenvalue weighted by molar-refractivity contribution is 0.467. The number of hydrogen-bond acceptors (Lipinski definition) is 1. The second-order valence-electron chi connectivity index (χ2n) is 3.96. The van der Waals surface area contributed by atoms with Crippen molar-refractivity contribution in [2.75, 3.05) is 0 Å². The van der Waals surface area contributed by atoms with Crippen molar-refractivity contribution in [1.82, 2.24) is 5.32 Å². The van der Waals surface area contributed by atoms with Gasteiger partial charge < -0.3 is 5.32 Å². The number of hydrogen-bond donors (Lipinski definition) is 1. The second kappa shape index (κ2) is 3.51. The molecule has 1 unspecified atom stereocenters. The summed E-state index contributed by atoms with van der Waals surface area (Å²) in [5, 5.41) is 3.54. The Kier molecular flexibility index (Phi) is 2.36. The molecule has 0 aliphatic carbocycles. The second-order valence-corrected chi connectivity index (χ2v) is 3.96. The molecule has 70 valence electrons. The number of nitrogens with one attached hydrogen (secondary N) is 1. The van der Waals surface area contributed by atoms with E-state index in [4.69, 9.17) is 0 Å². The molecule has 1 atom stereocenters. The molecule has 0 saturated carbocycles. The molecule has 2 rings (SSSR count). The van der Waals surface area contributed by atoms with Crippen LogP contribution in [0.25, 0.3) is 0 Å². The highest BCUT2D eigenvalue weighted by molar-refractivity contribution is 5.33. The van der Waals surface area contributed by atoms with E-state index in [9.17, 15) is 0 Å². The van der Waals surface area contributed by atoms with Gasteiger partial charge in [0.2, 0.25) is 0 Å². The molecule has 1 aromatic carbocycles. The van der Waals surface area contributed by atoms with E-state index in [1.54, 1.807) is 5.56 Å². The summed E-state index contributed by atoms with van der Waals surface area (Å²) in [6.45, 7) is 5.47. The van der Waals surface area contributed by atoms with E-state index in [-0.39, 0.29) is 0 Å². The minimum atomic E-state index is 0.689. The van der Waals surface area contributed by atoms with Crippen molar-refractivity contribution in [3.8, 4) is 0 Å². The first kappa shape index (κ1) is 8.76. The minimum absolute atomic E-state index is 0.689. The van der Waals surface area contributed by atoms with Gasteiger partial charge in [0, 0.05) is 12.6 Å². The number of fused-ring (bicyclic) bond motifs is 1. The van der Waals surface area contributed by atoms with Crippen LogP contribution in [0.5, 0.6) is 0 Å². The molecule has 0 spiro atoms. The first-order chi connectivity index (χ1) is 6.29. The van der Waals surface area contributed by atoms with E-state index in [0.29, 0.717) is 6.04 Å². The van der Waals surface area contributed by atoms with Crippen molar-refractivity contribution in [3.63, 3.8) is 0 Å². The van der Waals surface area contributed by atoms with Crippen LogP contribution in [0.4, 0.5) is 0 Å². The molecule has 1 nitrogen and oxygen atoms in total. The average Bonchev–Trinajstić information content (AvgIpc) is 2.16. The third-order valence-electron chi connectivity index (χ3n) is 2.90. The maximum Gasteiger partial charge on any atom is 0.0210 e. The standard InChI is InChI=1S/C12H17N/c1-3-12-7-11-6-9(2)4-5-10(11)8-13-12/h4-6,12-13H,3,7-8H2,1-2H3. The van der Waals surface area contributed by atoms with Gasteiger partial charge in [0.15, 0.2) is 0 Å². The molecule has 0 fully saturated rings. The Morgan fingerprint density at radius 2 is 2.23 bits per heavy atom. The van der Waals surface area contributed by atoms with Crippen LogP contribution in [0.3, 0.4) is 0 Å². The van der Waals surface area contributed by atoms with Crippen molar-refractivity contribution >= 4 is 0 Å². The highest BCUT2D eigenvalue weighted by atomic mass is 14.9. The normalized spacial score (nSPS) is 21.2. The summed E-state index contributed by atoms with van der Waals surface area (Å²) in [5.74, 6) is 0. The first-order valence-corrected chi connectivity index (χ1v) is 5.11. The molecule has 1 aliphatic rings. The molecule has 1 heteroatoms. The Labute approximate surface area is 80.2 Å². The Bertz CT molecular complexity index is 304. The molecule has 1 heterocycles. The quantitative estimate of drug-likeness (QED) is 0.691. The van der Waals surface area contributed by atoms with Gasteiger partial charge in [-0.3, -0.25) is 0 Å². The molecule has 13 heavy (non-hydrogen) atoms. The fourth-order valence-electron chi connectivity index (χ4n) is 2.00. The number of rotatable bonds is 1. The van der Waals surface area contributed by atoms with Crippen molar-refractivity contribution < 1.29 is 0 Å². The predicted molar refractivity (Wildman–Crippen MR) is 55.8 cm³/mol. The Hall–Kier alpha value is -0.820. The molecule has 0 bridgehead atoms. The topological polar surface area (TPSA) is 12.0 Å². The summed E-state index contributed by atoms with van der Waals surface area (Å²) in [6, 6.07) is 7.48. The molecule has 0 saturated heterocycles. The zero-order valence-electron chi connectivity index (χ0n) is 8.43. The fourth-order valence-corrected chi connectivity index (χ4v) is 2.00. The van der Waals surface area contributed by atoms with E-state index in [1.807, 2.05) is 0 Å². The minimum Gasteiger partial charge on any atom is -0.310 e. The molecule has 0 amide bonds. The van der Waals surface area contributed by atoms with Gasteiger partial charge >= 0.3 is 0 Å². The lowest BCUT2D eigenvalue weighted by atomic mass is 9.93. The highest BCUT2D eigenvalue weighted by Crippen LogP contribution is 2.19. The van der Waals surface area contributed by atoms with E-state index in [0.717, 1.165) is 6.54 Å². The van der Waals surface area contributed by atoms with Crippen molar-refractivity contribution in [2.45, 2.75) is 39.3 Å². The molecular formula is C12H17N. The third kappa shape index (κ3) is 1.75. The van der Waals surface area contributed by atoms with Crippen LogP contribution in [0.1, 0.15) is 30.0 Å². The molecule has 1 aromatic rings. The van der Waals surface area contributed by atoms with E-state index in [1.165, 1.54) is 24.0 Å². The Balaban J connectivity index is 2.27. The Morgan fingerprint density at radius 3 is 3.00 bits per heavy atom. The molecule has 0 aromatic heterocycles. The SMILES string of the molecule is CCC1Cc2cc(C)ccc2CN1. The van der Waals surface area contributed by atoms with Crippen LogP contribution in [0.2, 0.25) is 0 Å². The van der Waals surface area contributed by atoms with Gasteiger partial charge in [0.05, 0.1) is 0 Å². The summed E-state index contributed by atoms with van der Waals surface area (Å²) in [5.41, 5.74) is 4.41. The summed E-state index contributed by atoms with van der Waals surface area (Å²) in [4.78, 5) is 0. The van der Waals surface area contributed by atoms with Gasteiger partial charge in [-0.15, -0.1) is 0 Å². The van der Waals surface area contributed by atoms with Crippen molar-refractivity contribution in [3.05, 3.63) is 34.9 Å².